The lowest BCUT2D eigenvalue weighted by atomic mass is 10.5. The van der Waals surface area contributed by atoms with E-state index in [1.54, 1.807) is 12.3 Å². The molecule has 1 radical (unpaired) electrons. The van der Waals surface area contributed by atoms with Crippen molar-refractivity contribution in [2.24, 2.45) is 0 Å². The molecule has 0 aliphatic heterocycles. The average molecular weight is 136 g/mol. The van der Waals surface area contributed by atoms with Gasteiger partial charge < -0.3 is 4.74 Å². The predicted octanol–water partition coefficient (Wildman–Crippen LogP) is 1.67. The standard InChI is InChI=1S/C8H10NO/c1-2-7-10-8-5-3-4-6-9-8/h3-4,6H,2,7H2,1H3. The van der Waals surface area contributed by atoms with Crippen LogP contribution in [0.4, 0.5) is 0 Å². The van der Waals surface area contributed by atoms with Crippen LogP contribution >= 0.6 is 0 Å². The Morgan fingerprint density at radius 2 is 2.60 bits per heavy atom. The minimum absolute atomic E-state index is 0.587. The monoisotopic (exact) mass is 136 g/mol. The Hall–Kier alpha value is -1.05. The van der Waals surface area contributed by atoms with Crippen molar-refractivity contribution in [2.45, 2.75) is 13.3 Å². The van der Waals surface area contributed by atoms with E-state index in [4.69, 9.17) is 4.74 Å². The Morgan fingerprint density at radius 1 is 1.70 bits per heavy atom. The topological polar surface area (TPSA) is 22.1 Å². The Bertz CT molecular complexity index is 174. The zero-order chi connectivity index (χ0) is 7.23. The number of aromatic nitrogens is 1. The predicted molar refractivity (Wildman–Crippen MR) is 38.9 cm³/mol. The fourth-order valence-corrected chi connectivity index (χ4v) is 0.588. The first-order chi connectivity index (χ1) is 4.93. The number of pyridine rings is 1. The zero-order valence-corrected chi connectivity index (χ0v) is 6.00. The van der Waals surface area contributed by atoms with Gasteiger partial charge in [0.25, 0.3) is 0 Å². The summed E-state index contributed by atoms with van der Waals surface area (Å²) in [6.07, 6.45) is 2.70. The second-order valence-corrected chi connectivity index (χ2v) is 1.94. The molecule has 0 unspecified atom stereocenters. The van der Waals surface area contributed by atoms with Crippen molar-refractivity contribution in [1.29, 1.82) is 0 Å². The third kappa shape index (κ3) is 2.05. The van der Waals surface area contributed by atoms with Crippen molar-refractivity contribution in [3.8, 4) is 5.88 Å². The maximum absolute atomic E-state index is 5.19. The van der Waals surface area contributed by atoms with Gasteiger partial charge in [-0.2, -0.15) is 0 Å². The van der Waals surface area contributed by atoms with Gasteiger partial charge in [0.1, 0.15) is 0 Å². The first kappa shape index (κ1) is 7.06. The van der Waals surface area contributed by atoms with Crippen LogP contribution in [-0.2, 0) is 0 Å². The van der Waals surface area contributed by atoms with Gasteiger partial charge in [-0.25, -0.2) is 4.98 Å². The highest BCUT2D eigenvalue weighted by atomic mass is 16.5. The summed E-state index contributed by atoms with van der Waals surface area (Å²) in [6.45, 7) is 2.77. The molecule has 0 aromatic carbocycles. The average Bonchev–Trinajstić information content (AvgIpc) is 2.03. The number of rotatable bonds is 3. The molecule has 2 nitrogen and oxygen atoms in total. The summed E-state index contributed by atoms with van der Waals surface area (Å²) in [5.74, 6) is 0.587. The molecule has 1 aromatic rings. The van der Waals surface area contributed by atoms with Crippen LogP contribution in [0, 0.1) is 6.07 Å². The van der Waals surface area contributed by atoms with Crippen LogP contribution in [0.15, 0.2) is 18.3 Å². The van der Waals surface area contributed by atoms with E-state index in [-0.39, 0.29) is 0 Å². The van der Waals surface area contributed by atoms with Crippen LogP contribution in [0.1, 0.15) is 13.3 Å². The molecular weight excluding hydrogens is 126 g/mol. The molecule has 0 fully saturated rings. The summed E-state index contributed by atoms with van der Waals surface area (Å²) in [7, 11) is 0. The Labute approximate surface area is 60.9 Å². The van der Waals surface area contributed by atoms with Crippen LogP contribution in [0.3, 0.4) is 0 Å². The van der Waals surface area contributed by atoms with E-state index in [0.717, 1.165) is 6.42 Å². The molecule has 2 heteroatoms. The first-order valence-electron chi connectivity index (χ1n) is 3.39. The van der Waals surface area contributed by atoms with Crippen molar-refractivity contribution in [3.63, 3.8) is 0 Å². The van der Waals surface area contributed by atoms with Crippen molar-refractivity contribution in [2.75, 3.05) is 6.61 Å². The van der Waals surface area contributed by atoms with Gasteiger partial charge in [0.05, 0.1) is 6.61 Å². The second-order valence-electron chi connectivity index (χ2n) is 1.94. The normalized spacial score (nSPS) is 9.30. The van der Waals surface area contributed by atoms with Crippen LogP contribution in [0.25, 0.3) is 0 Å². The van der Waals surface area contributed by atoms with Crippen molar-refractivity contribution >= 4 is 0 Å². The molecule has 1 heterocycles. The van der Waals surface area contributed by atoms with Crippen molar-refractivity contribution in [1.82, 2.24) is 4.98 Å². The highest BCUT2D eigenvalue weighted by Crippen LogP contribution is 2.01. The third-order valence-electron chi connectivity index (χ3n) is 1.02. The minimum Gasteiger partial charge on any atom is -0.477 e. The van der Waals surface area contributed by atoms with E-state index in [1.807, 2.05) is 6.07 Å². The van der Waals surface area contributed by atoms with Crippen LogP contribution < -0.4 is 4.74 Å². The van der Waals surface area contributed by atoms with Gasteiger partial charge in [0.2, 0.25) is 5.88 Å². The smallest absolute Gasteiger partial charge is 0.221 e. The van der Waals surface area contributed by atoms with Gasteiger partial charge in [-0.05, 0) is 18.6 Å². The van der Waals surface area contributed by atoms with E-state index < -0.39 is 0 Å². The molecular formula is C8H10NO. The lowest BCUT2D eigenvalue weighted by Gasteiger charge is -1.99. The van der Waals surface area contributed by atoms with Crippen molar-refractivity contribution in [3.05, 3.63) is 24.4 Å². The molecule has 0 bridgehead atoms. The van der Waals surface area contributed by atoms with E-state index in [1.165, 1.54) is 0 Å². The van der Waals surface area contributed by atoms with Crippen LogP contribution in [-0.4, -0.2) is 11.6 Å². The molecule has 0 saturated carbocycles. The second kappa shape index (κ2) is 3.88. The van der Waals surface area contributed by atoms with E-state index >= 15 is 0 Å². The van der Waals surface area contributed by atoms with Gasteiger partial charge >= 0.3 is 0 Å². The third-order valence-corrected chi connectivity index (χ3v) is 1.02. The molecule has 1 rings (SSSR count). The molecule has 0 aliphatic rings. The van der Waals surface area contributed by atoms with E-state index in [0.29, 0.717) is 12.5 Å². The molecule has 1 aromatic heterocycles. The Balaban J connectivity index is 2.43. The lowest BCUT2D eigenvalue weighted by molar-refractivity contribution is 0.304. The minimum atomic E-state index is 0.587. The number of hydrogen-bond donors (Lipinski definition) is 0. The first-order valence-corrected chi connectivity index (χ1v) is 3.39. The van der Waals surface area contributed by atoms with E-state index in [2.05, 4.69) is 18.0 Å². The SMILES string of the molecule is CCCOc1[c]cccn1. The van der Waals surface area contributed by atoms with Gasteiger partial charge in [-0.3, -0.25) is 0 Å². The molecule has 0 amide bonds. The molecule has 0 spiro atoms. The zero-order valence-electron chi connectivity index (χ0n) is 6.00. The summed E-state index contributed by atoms with van der Waals surface area (Å²) in [4.78, 5) is 3.94. The van der Waals surface area contributed by atoms with Gasteiger partial charge in [0, 0.05) is 12.3 Å². The quantitative estimate of drug-likeness (QED) is 0.630. The van der Waals surface area contributed by atoms with Crippen LogP contribution in [0.2, 0.25) is 0 Å². The summed E-state index contributed by atoms with van der Waals surface area (Å²) in [5.41, 5.74) is 0. The lowest BCUT2D eigenvalue weighted by Crippen LogP contribution is -1.96. The summed E-state index contributed by atoms with van der Waals surface area (Å²) in [6, 6.07) is 6.48. The Morgan fingerprint density at radius 3 is 3.20 bits per heavy atom. The Kier molecular flexibility index (Phi) is 2.74. The molecule has 0 saturated heterocycles. The summed E-state index contributed by atoms with van der Waals surface area (Å²) in [5, 5.41) is 0. The number of ether oxygens (including phenoxy) is 1. The number of hydrogen-bond acceptors (Lipinski definition) is 2. The molecule has 0 N–H and O–H groups in total. The fraction of sp³-hybridized carbons (Fsp3) is 0.375. The van der Waals surface area contributed by atoms with Gasteiger partial charge in [-0.1, -0.05) is 6.92 Å². The van der Waals surface area contributed by atoms with Crippen LogP contribution in [0.5, 0.6) is 5.88 Å². The molecule has 0 aliphatic carbocycles. The number of nitrogens with zero attached hydrogens (tertiary/aromatic N) is 1. The molecule has 0 atom stereocenters. The maximum Gasteiger partial charge on any atom is 0.221 e. The maximum atomic E-state index is 5.19. The molecule has 53 valence electrons. The largest absolute Gasteiger partial charge is 0.477 e. The molecule has 10 heavy (non-hydrogen) atoms. The van der Waals surface area contributed by atoms with Crippen molar-refractivity contribution < 1.29 is 4.74 Å². The van der Waals surface area contributed by atoms with Gasteiger partial charge in [0.15, 0.2) is 0 Å². The van der Waals surface area contributed by atoms with E-state index in [9.17, 15) is 0 Å². The highest BCUT2D eigenvalue weighted by molar-refractivity contribution is 5.06. The van der Waals surface area contributed by atoms with Gasteiger partial charge in [-0.15, -0.1) is 0 Å². The summed E-state index contributed by atoms with van der Waals surface area (Å²) >= 11 is 0. The fourth-order valence-electron chi connectivity index (χ4n) is 0.588. The highest BCUT2D eigenvalue weighted by Gasteiger charge is 1.88. The summed E-state index contributed by atoms with van der Waals surface area (Å²) < 4.78 is 5.19.